The van der Waals surface area contributed by atoms with Crippen molar-refractivity contribution in [2.45, 2.75) is 18.4 Å². The number of rotatable bonds is 4. The smallest absolute Gasteiger partial charge is 0.870 e. The molecule has 0 fully saturated rings. The van der Waals surface area contributed by atoms with Crippen molar-refractivity contribution in [3.63, 3.8) is 0 Å². The first kappa shape index (κ1) is 22.7. The molecule has 8 heteroatoms. The summed E-state index contributed by atoms with van der Waals surface area (Å²) < 4.78 is 1.80. The van der Waals surface area contributed by atoms with Crippen molar-refractivity contribution in [3.05, 3.63) is 40.1 Å². The van der Waals surface area contributed by atoms with Gasteiger partial charge in [0.05, 0.1) is 10.9 Å². The van der Waals surface area contributed by atoms with Crippen LogP contribution in [0.2, 0.25) is 0 Å². The summed E-state index contributed by atoms with van der Waals surface area (Å²) in [6.45, 7) is 2.03. The van der Waals surface area contributed by atoms with Crippen molar-refractivity contribution in [1.82, 2.24) is 9.55 Å². The van der Waals surface area contributed by atoms with Crippen LogP contribution in [0, 0.1) is 6.92 Å². The fourth-order valence-electron chi connectivity index (χ4n) is 2.92. The fraction of sp³-hybridized carbons (Fsp3) is 0.278. The normalized spacial score (nSPS) is 10.3. The number of anilines is 1. The van der Waals surface area contributed by atoms with E-state index in [0.29, 0.717) is 16.4 Å². The van der Waals surface area contributed by atoms with Crippen LogP contribution in [0.5, 0.6) is 0 Å². The Morgan fingerprint density at radius 1 is 1.19 bits per heavy atom. The second kappa shape index (κ2) is 9.01. The van der Waals surface area contributed by atoms with Crippen LogP contribution in [0.15, 0.2) is 34.0 Å². The first-order valence-electron chi connectivity index (χ1n) is 7.52. The summed E-state index contributed by atoms with van der Waals surface area (Å²) in [7, 11) is 3.78. The summed E-state index contributed by atoms with van der Waals surface area (Å²) in [5.41, 5.74) is 2.28. The van der Waals surface area contributed by atoms with Crippen LogP contribution in [0.1, 0.15) is 5.56 Å². The molecule has 3 aromatic rings. The Balaban J connectivity index is 0.00000169. The van der Waals surface area contributed by atoms with Crippen molar-refractivity contribution in [1.29, 1.82) is 0 Å². The maximum Gasteiger partial charge on any atom is 1.00 e. The van der Waals surface area contributed by atoms with Crippen LogP contribution in [-0.2, 0) is 11.3 Å². The quantitative estimate of drug-likeness (QED) is 0.265. The molecule has 0 saturated carbocycles. The van der Waals surface area contributed by atoms with Gasteiger partial charge in [0.1, 0.15) is 11.5 Å². The zero-order chi connectivity index (χ0) is 17.4. The van der Waals surface area contributed by atoms with E-state index in [9.17, 15) is 9.59 Å². The first-order chi connectivity index (χ1) is 11.5. The minimum atomic E-state index is -0.0599. The molecule has 1 N–H and O–H groups in total. The second-order valence-electron chi connectivity index (χ2n) is 5.81. The Bertz CT molecular complexity index is 1020. The third-order valence-corrected chi connectivity index (χ3v) is 5.01. The van der Waals surface area contributed by atoms with Gasteiger partial charge in [-0.1, -0.05) is 12.6 Å². The van der Waals surface area contributed by atoms with Gasteiger partial charge in [0.15, 0.2) is 5.43 Å². The zero-order valence-corrected chi connectivity index (χ0v) is 18.3. The number of fused-ring (bicyclic) bond motifs is 2. The Morgan fingerprint density at radius 3 is 2.42 bits per heavy atom. The topological polar surface area (TPSA) is 85.2 Å². The van der Waals surface area contributed by atoms with Gasteiger partial charge in [0.2, 0.25) is 0 Å². The molecule has 3 rings (SSSR count). The van der Waals surface area contributed by atoms with Gasteiger partial charge >= 0.3 is 29.6 Å². The molecule has 0 atom stereocenters. The summed E-state index contributed by atoms with van der Waals surface area (Å²) in [4.78, 5) is 31.6. The van der Waals surface area contributed by atoms with Crippen LogP contribution in [0.4, 0.5) is 5.82 Å². The van der Waals surface area contributed by atoms with Crippen molar-refractivity contribution < 1.29 is 39.8 Å². The van der Waals surface area contributed by atoms with Gasteiger partial charge < -0.3 is 19.7 Å². The van der Waals surface area contributed by atoms with Crippen molar-refractivity contribution in [2.75, 3.05) is 25.3 Å². The third-order valence-electron chi connectivity index (χ3n) is 4.09. The molecule has 0 amide bonds. The molecule has 132 valence electrons. The van der Waals surface area contributed by atoms with Gasteiger partial charge in [-0.2, -0.15) is 0 Å². The number of thioether (sulfide) groups is 1. The first-order valence-corrected chi connectivity index (χ1v) is 8.75. The summed E-state index contributed by atoms with van der Waals surface area (Å²) in [5.74, 6) is 0.735. The van der Waals surface area contributed by atoms with Gasteiger partial charge in [-0.25, -0.2) is 11.3 Å². The number of carbonyl (C=O) groups excluding carboxylic acids is 1. The zero-order valence-electron chi connectivity index (χ0n) is 15.5. The molecule has 1 aromatic carbocycles. The molecular weight excluding hydrogens is 361 g/mol. The minimum absolute atomic E-state index is 0. The van der Waals surface area contributed by atoms with E-state index in [-0.39, 0.29) is 47.0 Å². The fourth-order valence-corrected chi connectivity index (χ4v) is 3.72. The molecule has 0 bridgehead atoms. The standard InChI is InChI=1S/C18H18N3O2S.Na.H2O/c1-11-5-6-12-15(17(11)24-4)21(9-10-22)18-13(16(12)23)7-8-14(19-18)20(2)3;;/h5-8H,9H2,1-4H3;;1H2/q-1;+1;/p-1. The van der Waals surface area contributed by atoms with Crippen molar-refractivity contribution >= 4 is 45.8 Å². The average molecular weight is 380 g/mol. The van der Waals surface area contributed by atoms with Crippen LogP contribution in [0.25, 0.3) is 21.9 Å². The van der Waals surface area contributed by atoms with E-state index in [4.69, 9.17) is 0 Å². The summed E-state index contributed by atoms with van der Waals surface area (Å²) in [6.07, 6.45) is 3.92. The van der Waals surface area contributed by atoms with E-state index < -0.39 is 0 Å². The maximum absolute atomic E-state index is 12.9. The molecule has 0 saturated heterocycles. The van der Waals surface area contributed by atoms with E-state index >= 15 is 0 Å². The van der Waals surface area contributed by atoms with E-state index in [0.717, 1.165) is 21.8 Å². The Kier molecular flexibility index (Phi) is 7.85. The molecule has 0 unspecified atom stereocenters. The van der Waals surface area contributed by atoms with Gasteiger partial charge in [-0.05, 0) is 36.9 Å². The average Bonchev–Trinajstić information content (AvgIpc) is 2.57. The van der Waals surface area contributed by atoms with Crippen molar-refractivity contribution in [3.8, 4) is 0 Å². The monoisotopic (exact) mass is 380 g/mol. The molecule has 6 nitrogen and oxygen atoms in total. The molecular formula is C18H19N3NaO3S-. The predicted molar refractivity (Wildman–Crippen MR) is 102 cm³/mol. The number of nitrogens with zero attached hydrogens (tertiary/aromatic N) is 3. The Hall–Kier alpha value is -1.38. The number of hydrogen-bond acceptors (Lipinski definition) is 6. The van der Waals surface area contributed by atoms with Gasteiger partial charge in [0, 0.05) is 24.4 Å². The predicted octanol–water partition coefficient (Wildman–Crippen LogP) is -0.417. The van der Waals surface area contributed by atoms with Gasteiger partial charge in [-0.3, -0.25) is 4.79 Å². The SMILES string of the molecule is CSc1c(C)ccc2c(=O)c3ccc(N(C)C)nc3n(C[C-]=O)c12.[Na+].[OH-]. The largest absolute Gasteiger partial charge is 1.00 e. The number of aromatic nitrogens is 2. The minimum Gasteiger partial charge on any atom is -0.870 e. The number of benzene rings is 1. The van der Waals surface area contributed by atoms with Crippen molar-refractivity contribution in [2.24, 2.45) is 0 Å². The molecule has 2 heterocycles. The van der Waals surface area contributed by atoms with Gasteiger partial charge in [-0.15, -0.1) is 11.8 Å². The van der Waals surface area contributed by atoms with Crippen LogP contribution >= 0.6 is 11.8 Å². The van der Waals surface area contributed by atoms with Gasteiger partial charge in [0.25, 0.3) is 0 Å². The van der Waals surface area contributed by atoms with E-state index in [2.05, 4.69) is 4.98 Å². The molecule has 0 radical (unpaired) electrons. The maximum atomic E-state index is 12.9. The van der Waals surface area contributed by atoms with E-state index in [1.807, 2.05) is 56.7 Å². The number of aryl methyl sites for hydroxylation is 1. The summed E-state index contributed by atoms with van der Waals surface area (Å²) in [6, 6.07) is 7.36. The third kappa shape index (κ3) is 3.68. The summed E-state index contributed by atoms with van der Waals surface area (Å²) >= 11 is 1.56. The van der Waals surface area contributed by atoms with E-state index in [1.54, 1.807) is 22.4 Å². The molecule has 26 heavy (non-hydrogen) atoms. The molecule has 0 spiro atoms. The molecule has 0 aliphatic carbocycles. The molecule has 0 aliphatic heterocycles. The van der Waals surface area contributed by atoms with Crippen LogP contribution in [-0.4, -0.2) is 41.7 Å². The number of hydrogen-bond donors (Lipinski definition) is 0. The van der Waals surface area contributed by atoms with E-state index in [1.165, 1.54) is 0 Å². The Morgan fingerprint density at radius 2 is 1.85 bits per heavy atom. The number of pyridine rings is 2. The molecule has 2 aromatic heterocycles. The van der Waals surface area contributed by atoms with Crippen LogP contribution in [0.3, 0.4) is 0 Å². The summed E-state index contributed by atoms with van der Waals surface area (Å²) in [5, 5.41) is 1.12. The molecule has 0 aliphatic rings. The second-order valence-corrected chi connectivity index (χ2v) is 6.62. The Labute approximate surface area is 178 Å². The van der Waals surface area contributed by atoms with Crippen LogP contribution < -0.4 is 39.9 Å².